The molecular formula is C19H15N3O. The van der Waals surface area contributed by atoms with Gasteiger partial charge in [-0.05, 0) is 30.3 Å². The van der Waals surface area contributed by atoms with Gasteiger partial charge in [-0.1, -0.05) is 30.3 Å². The highest BCUT2D eigenvalue weighted by atomic mass is 16.5. The van der Waals surface area contributed by atoms with Crippen molar-refractivity contribution < 1.29 is 4.74 Å². The first kappa shape index (κ1) is 13.5. The van der Waals surface area contributed by atoms with E-state index >= 15 is 0 Å². The summed E-state index contributed by atoms with van der Waals surface area (Å²) in [5, 5.41) is 0. The number of pyridine rings is 1. The molecule has 0 saturated heterocycles. The Bertz CT molecular complexity index is 898. The highest BCUT2D eigenvalue weighted by Gasteiger charge is 2.10. The van der Waals surface area contributed by atoms with Gasteiger partial charge < -0.3 is 9.72 Å². The Morgan fingerprint density at radius 3 is 2.65 bits per heavy atom. The SMILES string of the molecule is c1cncc(COc2ccccc2-c2nc3ccccc3[nH]2)c1. The summed E-state index contributed by atoms with van der Waals surface area (Å²) in [4.78, 5) is 12.1. The topological polar surface area (TPSA) is 50.8 Å². The van der Waals surface area contributed by atoms with Gasteiger partial charge in [0.2, 0.25) is 0 Å². The molecular weight excluding hydrogens is 286 g/mol. The molecule has 0 atom stereocenters. The Kier molecular flexibility index (Phi) is 3.48. The number of fused-ring (bicyclic) bond motifs is 1. The minimum Gasteiger partial charge on any atom is -0.488 e. The molecule has 4 rings (SSSR count). The normalized spacial score (nSPS) is 10.8. The summed E-state index contributed by atoms with van der Waals surface area (Å²) in [5.41, 5.74) is 3.95. The number of para-hydroxylation sites is 3. The molecule has 2 heterocycles. The van der Waals surface area contributed by atoms with Gasteiger partial charge in [0.25, 0.3) is 0 Å². The standard InChI is InChI=1S/C19H15N3O/c1-4-10-18(23-13-14-6-5-11-20-12-14)15(7-1)19-21-16-8-2-3-9-17(16)22-19/h1-12H,13H2,(H,21,22). The third-order valence-corrected chi connectivity index (χ3v) is 3.65. The van der Waals surface area contributed by atoms with Crippen LogP contribution in [0.5, 0.6) is 5.75 Å². The van der Waals surface area contributed by atoms with Crippen molar-refractivity contribution >= 4 is 11.0 Å². The third-order valence-electron chi connectivity index (χ3n) is 3.65. The highest BCUT2D eigenvalue weighted by molar-refractivity contribution is 5.80. The predicted octanol–water partition coefficient (Wildman–Crippen LogP) is 4.20. The van der Waals surface area contributed by atoms with Crippen LogP contribution in [0.15, 0.2) is 73.1 Å². The Morgan fingerprint density at radius 1 is 0.913 bits per heavy atom. The summed E-state index contributed by atoms with van der Waals surface area (Å²) in [6, 6.07) is 19.8. The maximum atomic E-state index is 5.97. The lowest BCUT2D eigenvalue weighted by molar-refractivity contribution is 0.307. The first-order chi connectivity index (χ1) is 11.4. The van der Waals surface area contributed by atoms with E-state index in [1.54, 1.807) is 6.20 Å². The number of hydrogen-bond acceptors (Lipinski definition) is 3. The van der Waals surface area contributed by atoms with Crippen molar-refractivity contribution in [2.75, 3.05) is 0 Å². The fraction of sp³-hybridized carbons (Fsp3) is 0.0526. The minimum atomic E-state index is 0.477. The van der Waals surface area contributed by atoms with E-state index in [0.29, 0.717) is 6.61 Å². The average Bonchev–Trinajstić information content (AvgIpc) is 3.05. The van der Waals surface area contributed by atoms with E-state index in [4.69, 9.17) is 4.74 Å². The largest absolute Gasteiger partial charge is 0.488 e. The van der Waals surface area contributed by atoms with Crippen LogP contribution >= 0.6 is 0 Å². The Labute approximate surface area is 133 Å². The summed E-state index contributed by atoms with van der Waals surface area (Å²) < 4.78 is 5.97. The monoisotopic (exact) mass is 301 g/mol. The second kappa shape index (κ2) is 5.93. The van der Waals surface area contributed by atoms with Gasteiger partial charge in [-0.25, -0.2) is 4.98 Å². The molecule has 2 aromatic heterocycles. The molecule has 0 spiro atoms. The summed E-state index contributed by atoms with van der Waals surface area (Å²) in [5.74, 6) is 1.61. The van der Waals surface area contributed by atoms with E-state index in [2.05, 4.69) is 15.0 Å². The molecule has 0 saturated carbocycles. The predicted molar refractivity (Wildman–Crippen MR) is 90.1 cm³/mol. The van der Waals surface area contributed by atoms with Crippen molar-refractivity contribution in [3.05, 3.63) is 78.6 Å². The smallest absolute Gasteiger partial charge is 0.142 e. The Morgan fingerprint density at radius 2 is 1.78 bits per heavy atom. The molecule has 0 fully saturated rings. The van der Waals surface area contributed by atoms with Gasteiger partial charge in [0.1, 0.15) is 18.2 Å². The number of benzene rings is 2. The van der Waals surface area contributed by atoms with Crippen LogP contribution in [0.3, 0.4) is 0 Å². The van der Waals surface area contributed by atoms with Gasteiger partial charge in [0, 0.05) is 18.0 Å². The van der Waals surface area contributed by atoms with Crippen LogP contribution in [0.1, 0.15) is 5.56 Å². The third kappa shape index (κ3) is 2.79. The molecule has 112 valence electrons. The van der Waals surface area contributed by atoms with E-state index in [1.807, 2.05) is 66.9 Å². The zero-order valence-corrected chi connectivity index (χ0v) is 12.4. The van der Waals surface area contributed by atoms with Crippen molar-refractivity contribution in [3.63, 3.8) is 0 Å². The maximum absolute atomic E-state index is 5.97. The van der Waals surface area contributed by atoms with Crippen LogP contribution in [0.2, 0.25) is 0 Å². The summed E-state index contributed by atoms with van der Waals surface area (Å²) in [6.07, 6.45) is 3.57. The molecule has 4 aromatic rings. The zero-order chi connectivity index (χ0) is 15.5. The molecule has 23 heavy (non-hydrogen) atoms. The second-order valence-electron chi connectivity index (χ2n) is 5.25. The number of imidazole rings is 1. The number of rotatable bonds is 4. The van der Waals surface area contributed by atoms with Crippen molar-refractivity contribution in [1.29, 1.82) is 0 Å². The number of hydrogen-bond donors (Lipinski definition) is 1. The first-order valence-electron chi connectivity index (χ1n) is 7.46. The molecule has 4 heteroatoms. The molecule has 4 nitrogen and oxygen atoms in total. The van der Waals surface area contributed by atoms with Crippen LogP contribution in [-0.4, -0.2) is 15.0 Å². The number of nitrogens with one attached hydrogen (secondary N) is 1. The lowest BCUT2D eigenvalue weighted by Crippen LogP contribution is -1.97. The van der Waals surface area contributed by atoms with Crippen molar-refractivity contribution in [3.8, 4) is 17.1 Å². The molecule has 0 amide bonds. The lowest BCUT2D eigenvalue weighted by Gasteiger charge is -2.09. The van der Waals surface area contributed by atoms with E-state index in [0.717, 1.165) is 33.7 Å². The molecule has 0 bridgehead atoms. The van der Waals surface area contributed by atoms with Gasteiger partial charge in [-0.3, -0.25) is 4.98 Å². The molecule has 0 aliphatic rings. The summed E-state index contributed by atoms with van der Waals surface area (Å²) in [6.45, 7) is 0.477. The fourth-order valence-electron chi connectivity index (χ4n) is 2.51. The number of ether oxygens (including phenoxy) is 1. The van der Waals surface area contributed by atoms with E-state index in [9.17, 15) is 0 Å². The summed E-state index contributed by atoms with van der Waals surface area (Å²) >= 11 is 0. The van der Waals surface area contributed by atoms with Crippen LogP contribution in [0.4, 0.5) is 0 Å². The van der Waals surface area contributed by atoms with Gasteiger partial charge in [0.05, 0.1) is 16.6 Å². The van der Waals surface area contributed by atoms with Crippen LogP contribution in [-0.2, 0) is 6.61 Å². The quantitative estimate of drug-likeness (QED) is 0.614. The molecule has 1 N–H and O–H groups in total. The first-order valence-corrected chi connectivity index (χ1v) is 7.46. The van der Waals surface area contributed by atoms with Crippen molar-refractivity contribution in [2.24, 2.45) is 0 Å². The van der Waals surface area contributed by atoms with Gasteiger partial charge >= 0.3 is 0 Å². The number of nitrogens with zero attached hydrogens (tertiary/aromatic N) is 2. The van der Waals surface area contributed by atoms with E-state index in [-0.39, 0.29) is 0 Å². The summed E-state index contributed by atoms with van der Waals surface area (Å²) in [7, 11) is 0. The maximum Gasteiger partial charge on any atom is 0.142 e. The minimum absolute atomic E-state index is 0.477. The average molecular weight is 301 g/mol. The second-order valence-corrected chi connectivity index (χ2v) is 5.25. The number of H-pyrrole nitrogens is 1. The van der Waals surface area contributed by atoms with Crippen molar-refractivity contribution in [1.82, 2.24) is 15.0 Å². The fourth-order valence-corrected chi connectivity index (χ4v) is 2.51. The van der Waals surface area contributed by atoms with Crippen molar-refractivity contribution in [2.45, 2.75) is 6.61 Å². The van der Waals surface area contributed by atoms with Crippen LogP contribution < -0.4 is 4.74 Å². The molecule has 0 aliphatic carbocycles. The lowest BCUT2D eigenvalue weighted by atomic mass is 10.2. The Hall–Kier alpha value is -3.14. The molecule has 2 aromatic carbocycles. The number of aromatic amines is 1. The van der Waals surface area contributed by atoms with Gasteiger partial charge in [-0.2, -0.15) is 0 Å². The Balaban J connectivity index is 1.66. The van der Waals surface area contributed by atoms with Gasteiger partial charge in [0.15, 0.2) is 0 Å². The number of aromatic nitrogens is 3. The molecule has 0 aliphatic heterocycles. The molecule has 0 radical (unpaired) electrons. The zero-order valence-electron chi connectivity index (χ0n) is 12.4. The van der Waals surface area contributed by atoms with Gasteiger partial charge in [-0.15, -0.1) is 0 Å². The highest BCUT2D eigenvalue weighted by Crippen LogP contribution is 2.29. The van der Waals surface area contributed by atoms with E-state index in [1.165, 1.54) is 0 Å². The van der Waals surface area contributed by atoms with Crippen LogP contribution in [0.25, 0.3) is 22.4 Å². The van der Waals surface area contributed by atoms with E-state index < -0.39 is 0 Å². The van der Waals surface area contributed by atoms with Crippen LogP contribution in [0, 0.1) is 0 Å². The molecule has 0 unspecified atom stereocenters.